The summed E-state index contributed by atoms with van der Waals surface area (Å²) in [7, 11) is 0. The fourth-order valence-electron chi connectivity index (χ4n) is 8.54. The first-order chi connectivity index (χ1) is 20.1. The van der Waals surface area contributed by atoms with Gasteiger partial charge in [0.2, 0.25) is 11.2 Å². The SMILES string of the molecule is CC(=O)c1ccc2c(c1C)[C@@H](OC(=O)C13CCC(C)(C(=O)O1)C3(C)C)[C@@H](OC(=O)C13CCC(C)(C(=O)O1)C3(C)C)C(C)(C)O2. The predicted octanol–water partition coefficient (Wildman–Crippen LogP) is 5.11. The van der Waals surface area contributed by atoms with Crippen molar-refractivity contribution in [1.29, 1.82) is 0 Å². The second-order valence-corrected chi connectivity index (χ2v) is 15.4. The lowest BCUT2D eigenvalue weighted by atomic mass is 9.66. The molecule has 44 heavy (non-hydrogen) atoms. The smallest absolute Gasteiger partial charge is 0.351 e. The van der Waals surface area contributed by atoms with Gasteiger partial charge in [-0.3, -0.25) is 14.4 Å². The fraction of sp³-hybridized carbons (Fsp3) is 0.676. The van der Waals surface area contributed by atoms with Gasteiger partial charge in [0.05, 0.1) is 10.8 Å². The number of fused-ring (bicyclic) bond motifs is 5. The van der Waals surface area contributed by atoms with Crippen LogP contribution in [-0.2, 0) is 38.1 Å². The van der Waals surface area contributed by atoms with Crippen LogP contribution in [0.25, 0.3) is 0 Å². The molecule has 6 rings (SSSR count). The Balaban J connectivity index is 1.45. The predicted molar refractivity (Wildman–Crippen MR) is 154 cm³/mol. The van der Waals surface area contributed by atoms with Crippen molar-refractivity contribution in [1.82, 2.24) is 0 Å². The number of Topliss-reactive ketones (excluding diaryl/α,β-unsaturated/α-hetero) is 1. The van der Waals surface area contributed by atoms with Gasteiger partial charge in [-0.25, -0.2) is 9.59 Å². The maximum Gasteiger partial charge on any atom is 0.351 e. The molecule has 1 aromatic rings. The van der Waals surface area contributed by atoms with E-state index in [9.17, 15) is 24.0 Å². The quantitative estimate of drug-likeness (QED) is 0.252. The van der Waals surface area contributed by atoms with Crippen LogP contribution in [0.2, 0.25) is 0 Å². The van der Waals surface area contributed by atoms with E-state index in [0.717, 1.165) is 0 Å². The van der Waals surface area contributed by atoms with Crippen LogP contribution in [0.3, 0.4) is 0 Å². The number of ketones is 1. The van der Waals surface area contributed by atoms with Crippen molar-refractivity contribution in [3.8, 4) is 5.75 Å². The van der Waals surface area contributed by atoms with Crippen molar-refractivity contribution in [2.24, 2.45) is 21.7 Å². The van der Waals surface area contributed by atoms with E-state index in [1.165, 1.54) is 6.92 Å². The van der Waals surface area contributed by atoms with Gasteiger partial charge in [0, 0.05) is 22.0 Å². The molecule has 10 heteroatoms. The van der Waals surface area contributed by atoms with Crippen molar-refractivity contribution in [3.63, 3.8) is 0 Å². The Morgan fingerprint density at radius 1 is 0.727 bits per heavy atom. The Kier molecular flexibility index (Phi) is 6.00. The minimum absolute atomic E-state index is 0.200. The molecule has 1 aromatic carbocycles. The molecular weight excluding hydrogens is 568 g/mol. The molecule has 0 N–H and O–H groups in total. The molecule has 0 amide bonds. The van der Waals surface area contributed by atoms with E-state index in [0.29, 0.717) is 35.3 Å². The third-order valence-corrected chi connectivity index (χ3v) is 12.8. The zero-order valence-corrected chi connectivity index (χ0v) is 27.2. The standard InChI is InChI=1S/C34H42O10/c1-17-19(18(2)35)11-12-20-21(17)22(40-26(38)33-15-13-31(9,24(36)43-33)29(33,5)6)23(28(3,4)42-20)41-27(39)34-16-14-32(10,25(37)44-34)30(34,7)8/h11-12,22-23H,13-16H2,1-10H3/t22-,23-,31?,32?,33?,34?/m1/s1. The van der Waals surface area contributed by atoms with Crippen LogP contribution in [0.15, 0.2) is 12.1 Å². The highest BCUT2D eigenvalue weighted by Gasteiger charge is 2.78. The van der Waals surface area contributed by atoms with Crippen LogP contribution in [-0.4, -0.2) is 52.6 Å². The van der Waals surface area contributed by atoms with Crippen molar-refractivity contribution in [2.75, 3.05) is 0 Å². The summed E-state index contributed by atoms with van der Waals surface area (Å²) in [5.41, 5.74) is -6.48. The van der Waals surface area contributed by atoms with Gasteiger partial charge in [-0.1, -0.05) is 27.7 Å². The number of hydrogen-bond donors (Lipinski definition) is 0. The van der Waals surface area contributed by atoms with Gasteiger partial charge in [0.15, 0.2) is 18.0 Å². The summed E-state index contributed by atoms with van der Waals surface area (Å²) in [6, 6.07) is 3.30. The zero-order chi connectivity index (χ0) is 32.6. The lowest BCUT2D eigenvalue weighted by Gasteiger charge is -2.46. The second kappa shape index (κ2) is 8.63. The van der Waals surface area contributed by atoms with E-state index in [2.05, 4.69) is 0 Å². The third kappa shape index (κ3) is 3.29. The molecular formula is C34H42O10. The van der Waals surface area contributed by atoms with E-state index in [1.807, 2.05) is 27.7 Å². The summed E-state index contributed by atoms with van der Waals surface area (Å²) in [5, 5.41) is 0. The summed E-state index contributed by atoms with van der Waals surface area (Å²) in [4.78, 5) is 67.1. The molecule has 2 aliphatic carbocycles. The Bertz CT molecular complexity index is 1550. The van der Waals surface area contributed by atoms with E-state index < -0.39 is 74.5 Å². The van der Waals surface area contributed by atoms with E-state index >= 15 is 0 Å². The number of rotatable bonds is 5. The summed E-state index contributed by atoms with van der Waals surface area (Å²) in [5.74, 6) is -2.23. The topological polar surface area (TPSA) is 132 Å². The summed E-state index contributed by atoms with van der Waals surface area (Å²) < 4.78 is 30.7. The number of hydrogen-bond acceptors (Lipinski definition) is 10. The molecule has 3 heterocycles. The number of esters is 4. The number of carbonyl (C=O) groups excluding carboxylic acids is 5. The Labute approximate surface area is 257 Å². The minimum atomic E-state index is -1.54. The summed E-state index contributed by atoms with van der Waals surface area (Å²) >= 11 is 0. The van der Waals surface area contributed by atoms with E-state index in [-0.39, 0.29) is 18.6 Å². The molecule has 10 nitrogen and oxygen atoms in total. The molecule has 0 radical (unpaired) electrons. The van der Waals surface area contributed by atoms with Crippen LogP contribution in [0, 0.1) is 28.6 Å². The van der Waals surface area contributed by atoms with Crippen molar-refractivity contribution in [2.45, 2.75) is 124 Å². The molecule has 6 atom stereocenters. The summed E-state index contributed by atoms with van der Waals surface area (Å²) in [6.07, 6.45) is -0.961. The van der Waals surface area contributed by atoms with Gasteiger partial charge in [0.25, 0.3) is 0 Å². The molecule has 3 aliphatic heterocycles. The highest BCUT2D eigenvalue weighted by atomic mass is 16.7. The largest absolute Gasteiger partial charge is 0.483 e. The number of ether oxygens (including phenoxy) is 5. The van der Waals surface area contributed by atoms with Crippen LogP contribution < -0.4 is 4.74 Å². The maximum atomic E-state index is 14.3. The maximum absolute atomic E-state index is 14.3. The van der Waals surface area contributed by atoms with Gasteiger partial charge in [-0.2, -0.15) is 0 Å². The first kappa shape index (κ1) is 30.6. The molecule has 0 spiro atoms. The Hall–Kier alpha value is -3.43. The number of carbonyl (C=O) groups is 5. The molecule has 4 unspecified atom stereocenters. The Morgan fingerprint density at radius 2 is 1.20 bits per heavy atom. The first-order valence-corrected chi connectivity index (χ1v) is 15.4. The zero-order valence-electron chi connectivity index (χ0n) is 27.2. The van der Waals surface area contributed by atoms with Crippen LogP contribution in [0.4, 0.5) is 0 Å². The average molecular weight is 611 g/mol. The van der Waals surface area contributed by atoms with Gasteiger partial charge in [-0.15, -0.1) is 0 Å². The van der Waals surface area contributed by atoms with Crippen LogP contribution >= 0.6 is 0 Å². The van der Waals surface area contributed by atoms with Gasteiger partial charge in [0.1, 0.15) is 11.4 Å². The van der Waals surface area contributed by atoms with Crippen molar-refractivity contribution in [3.05, 3.63) is 28.8 Å². The molecule has 2 saturated heterocycles. The number of benzene rings is 1. The van der Waals surface area contributed by atoms with Crippen LogP contribution in [0.1, 0.15) is 116 Å². The lowest BCUT2D eigenvalue weighted by molar-refractivity contribution is -0.217. The normalized spacial score (nSPS) is 38.3. The van der Waals surface area contributed by atoms with Gasteiger partial charge in [-0.05, 0) is 84.9 Å². The monoisotopic (exact) mass is 610 g/mol. The molecule has 0 aromatic heterocycles. The second-order valence-electron chi connectivity index (χ2n) is 15.4. The molecule has 2 saturated carbocycles. The first-order valence-electron chi connectivity index (χ1n) is 15.4. The van der Waals surface area contributed by atoms with E-state index in [4.69, 9.17) is 23.7 Å². The van der Waals surface area contributed by atoms with Crippen molar-refractivity contribution < 1.29 is 47.7 Å². The van der Waals surface area contributed by atoms with Crippen molar-refractivity contribution >= 4 is 29.7 Å². The average Bonchev–Trinajstić information content (AvgIpc) is 3.38. The van der Waals surface area contributed by atoms with Gasteiger partial charge < -0.3 is 23.7 Å². The molecule has 4 bridgehead atoms. The minimum Gasteiger partial charge on any atom is -0.483 e. The third-order valence-electron chi connectivity index (χ3n) is 12.8. The molecule has 4 fully saturated rings. The lowest BCUT2D eigenvalue weighted by Crippen LogP contribution is -2.58. The summed E-state index contributed by atoms with van der Waals surface area (Å²) in [6.45, 7) is 17.5. The fourth-order valence-corrected chi connectivity index (χ4v) is 8.54. The van der Waals surface area contributed by atoms with E-state index in [1.54, 1.807) is 46.8 Å². The van der Waals surface area contributed by atoms with Gasteiger partial charge >= 0.3 is 23.9 Å². The highest BCUT2D eigenvalue weighted by molar-refractivity contribution is 5.97. The highest BCUT2D eigenvalue weighted by Crippen LogP contribution is 2.67. The molecule has 238 valence electrons. The molecule has 5 aliphatic rings. The Morgan fingerprint density at radius 3 is 1.61 bits per heavy atom. The van der Waals surface area contributed by atoms with Crippen LogP contribution in [0.5, 0.6) is 5.75 Å².